The zero-order valence-corrected chi connectivity index (χ0v) is 18.0. The summed E-state index contributed by atoms with van der Waals surface area (Å²) >= 11 is 0. The smallest absolute Gasteiger partial charge is 0.219 e. The van der Waals surface area contributed by atoms with Crippen molar-refractivity contribution in [2.75, 3.05) is 13.2 Å². The van der Waals surface area contributed by atoms with E-state index < -0.39 is 0 Å². The molecule has 0 fully saturated rings. The Morgan fingerprint density at radius 1 is 1.03 bits per heavy atom. The molecule has 1 heterocycles. The van der Waals surface area contributed by atoms with Gasteiger partial charge in [0.1, 0.15) is 11.6 Å². The Morgan fingerprint density at radius 2 is 1.84 bits per heavy atom. The standard InChI is InChI=1S/C26H29N3O2/c1-2-9-26(30)27-17-16-25-28-22-13-5-6-14-23(22)29(25)18-8-19-31-24-15-7-11-20-10-3-4-12-21(20)24/h3-7,10-15H,2,8-9,16-19H2,1H3,(H,27,30). The van der Waals surface area contributed by atoms with Gasteiger partial charge >= 0.3 is 0 Å². The fraction of sp³-hybridized carbons (Fsp3) is 0.308. The van der Waals surface area contributed by atoms with Crippen molar-refractivity contribution in [1.82, 2.24) is 14.9 Å². The number of amides is 1. The summed E-state index contributed by atoms with van der Waals surface area (Å²) in [4.78, 5) is 16.6. The molecule has 0 aliphatic rings. The molecule has 0 saturated carbocycles. The zero-order chi connectivity index (χ0) is 21.5. The Labute approximate surface area is 183 Å². The number of fused-ring (bicyclic) bond motifs is 2. The van der Waals surface area contributed by atoms with Crippen molar-refractivity contribution in [3.63, 3.8) is 0 Å². The van der Waals surface area contributed by atoms with Crippen molar-refractivity contribution < 1.29 is 9.53 Å². The van der Waals surface area contributed by atoms with Crippen LogP contribution in [0.1, 0.15) is 32.0 Å². The summed E-state index contributed by atoms with van der Waals surface area (Å²) < 4.78 is 8.38. The molecule has 0 bridgehead atoms. The number of nitrogens with one attached hydrogen (secondary N) is 1. The second-order valence-corrected chi connectivity index (χ2v) is 7.70. The van der Waals surface area contributed by atoms with Crippen LogP contribution in [0.25, 0.3) is 21.8 Å². The first-order chi connectivity index (χ1) is 15.3. The number of benzene rings is 3. The third-order valence-electron chi connectivity index (χ3n) is 5.41. The van der Waals surface area contributed by atoms with E-state index in [0.717, 1.165) is 47.4 Å². The molecule has 1 N–H and O–H groups in total. The third-order valence-corrected chi connectivity index (χ3v) is 5.41. The molecule has 0 unspecified atom stereocenters. The van der Waals surface area contributed by atoms with Crippen LogP contribution in [0.2, 0.25) is 0 Å². The molecule has 31 heavy (non-hydrogen) atoms. The fourth-order valence-electron chi connectivity index (χ4n) is 3.92. The maximum Gasteiger partial charge on any atom is 0.219 e. The van der Waals surface area contributed by atoms with Crippen LogP contribution in [0.15, 0.2) is 66.7 Å². The van der Waals surface area contributed by atoms with E-state index in [2.05, 4.69) is 34.1 Å². The number of aromatic nitrogens is 2. The summed E-state index contributed by atoms with van der Waals surface area (Å²) in [5, 5.41) is 5.32. The molecule has 1 amide bonds. The van der Waals surface area contributed by atoms with Gasteiger partial charge in [0.05, 0.1) is 17.6 Å². The fourth-order valence-corrected chi connectivity index (χ4v) is 3.92. The first-order valence-corrected chi connectivity index (χ1v) is 11.1. The van der Waals surface area contributed by atoms with E-state index in [1.807, 2.05) is 49.4 Å². The van der Waals surface area contributed by atoms with E-state index in [0.29, 0.717) is 26.0 Å². The summed E-state index contributed by atoms with van der Waals surface area (Å²) in [7, 11) is 0. The number of aryl methyl sites for hydroxylation is 1. The number of hydrogen-bond acceptors (Lipinski definition) is 3. The lowest BCUT2D eigenvalue weighted by molar-refractivity contribution is -0.121. The second-order valence-electron chi connectivity index (χ2n) is 7.70. The Morgan fingerprint density at radius 3 is 2.74 bits per heavy atom. The highest BCUT2D eigenvalue weighted by Gasteiger charge is 2.11. The minimum atomic E-state index is 0.105. The maximum absolute atomic E-state index is 11.8. The van der Waals surface area contributed by atoms with E-state index >= 15 is 0 Å². The Kier molecular flexibility index (Phi) is 6.82. The number of carbonyl (C=O) groups is 1. The number of ether oxygens (including phenoxy) is 1. The van der Waals surface area contributed by atoms with Crippen LogP contribution >= 0.6 is 0 Å². The van der Waals surface area contributed by atoms with Crippen LogP contribution < -0.4 is 10.1 Å². The molecule has 3 aromatic carbocycles. The van der Waals surface area contributed by atoms with Gasteiger partial charge in [0, 0.05) is 31.3 Å². The Hall–Kier alpha value is -3.34. The average molecular weight is 416 g/mol. The first kappa shape index (κ1) is 20.9. The molecular weight excluding hydrogens is 386 g/mol. The maximum atomic E-state index is 11.8. The summed E-state index contributed by atoms with van der Waals surface area (Å²) in [5.74, 6) is 2.03. The molecule has 1 aromatic heterocycles. The van der Waals surface area contributed by atoms with Crippen LogP contribution in [0.5, 0.6) is 5.75 Å². The Bertz CT molecular complexity index is 1160. The molecule has 0 spiro atoms. The number of carbonyl (C=O) groups excluding carboxylic acids is 1. The van der Waals surface area contributed by atoms with Gasteiger partial charge in [-0.2, -0.15) is 0 Å². The van der Waals surface area contributed by atoms with E-state index in [1.165, 1.54) is 5.39 Å². The predicted molar refractivity (Wildman–Crippen MR) is 125 cm³/mol. The van der Waals surface area contributed by atoms with Crippen molar-refractivity contribution in [3.8, 4) is 5.75 Å². The van der Waals surface area contributed by atoms with E-state index in [9.17, 15) is 4.79 Å². The minimum absolute atomic E-state index is 0.105. The highest BCUT2D eigenvalue weighted by molar-refractivity contribution is 5.88. The lowest BCUT2D eigenvalue weighted by Crippen LogP contribution is -2.26. The van der Waals surface area contributed by atoms with Gasteiger partial charge in [-0.25, -0.2) is 4.98 Å². The molecule has 0 aliphatic heterocycles. The highest BCUT2D eigenvalue weighted by Crippen LogP contribution is 2.25. The van der Waals surface area contributed by atoms with Crippen LogP contribution in [0.3, 0.4) is 0 Å². The van der Waals surface area contributed by atoms with Crippen molar-refractivity contribution in [2.45, 2.75) is 39.2 Å². The van der Waals surface area contributed by atoms with Crippen LogP contribution in [0.4, 0.5) is 0 Å². The van der Waals surface area contributed by atoms with Gasteiger partial charge in [-0.05, 0) is 36.4 Å². The van der Waals surface area contributed by atoms with Crippen LogP contribution in [0, 0.1) is 0 Å². The number of rotatable bonds is 10. The number of para-hydroxylation sites is 2. The largest absolute Gasteiger partial charge is 0.493 e. The molecule has 5 nitrogen and oxygen atoms in total. The van der Waals surface area contributed by atoms with Crippen molar-refractivity contribution in [2.24, 2.45) is 0 Å². The molecular formula is C26H29N3O2. The first-order valence-electron chi connectivity index (χ1n) is 11.1. The molecule has 0 atom stereocenters. The van der Waals surface area contributed by atoms with Crippen molar-refractivity contribution in [1.29, 1.82) is 0 Å². The lowest BCUT2D eigenvalue weighted by Gasteiger charge is -2.12. The number of imidazole rings is 1. The van der Waals surface area contributed by atoms with E-state index in [1.54, 1.807) is 0 Å². The van der Waals surface area contributed by atoms with Gasteiger partial charge in [-0.3, -0.25) is 4.79 Å². The molecule has 0 aliphatic carbocycles. The third kappa shape index (κ3) is 5.05. The molecule has 4 rings (SSSR count). The summed E-state index contributed by atoms with van der Waals surface area (Å²) in [6, 6.07) is 22.6. The van der Waals surface area contributed by atoms with Gasteiger partial charge in [0.25, 0.3) is 0 Å². The van der Waals surface area contributed by atoms with Gasteiger partial charge in [-0.15, -0.1) is 0 Å². The quantitative estimate of drug-likeness (QED) is 0.366. The number of nitrogens with zero attached hydrogens (tertiary/aromatic N) is 2. The molecule has 0 radical (unpaired) electrons. The zero-order valence-electron chi connectivity index (χ0n) is 18.0. The van der Waals surface area contributed by atoms with E-state index in [-0.39, 0.29) is 5.91 Å². The van der Waals surface area contributed by atoms with Crippen LogP contribution in [-0.4, -0.2) is 28.6 Å². The monoisotopic (exact) mass is 415 g/mol. The lowest BCUT2D eigenvalue weighted by atomic mass is 10.1. The summed E-state index contributed by atoms with van der Waals surface area (Å²) in [6.45, 7) is 4.07. The van der Waals surface area contributed by atoms with Gasteiger partial charge in [0.15, 0.2) is 0 Å². The van der Waals surface area contributed by atoms with Crippen LogP contribution in [-0.2, 0) is 17.8 Å². The molecule has 5 heteroatoms. The average Bonchev–Trinajstić information content (AvgIpc) is 3.14. The van der Waals surface area contributed by atoms with Gasteiger partial charge in [-0.1, -0.05) is 55.5 Å². The highest BCUT2D eigenvalue weighted by atomic mass is 16.5. The summed E-state index contributed by atoms with van der Waals surface area (Å²) in [6.07, 6.45) is 3.02. The molecule has 160 valence electrons. The normalized spacial score (nSPS) is 11.1. The second kappa shape index (κ2) is 10.1. The summed E-state index contributed by atoms with van der Waals surface area (Å²) in [5.41, 5.74) is 2.12. The topological polar surface area (TPSA) is 56.2 Å². The Balaban J connectivity index is 1.40. The molecule has 4 aromatic rings. The van der Waals surface area contributed by atoms with Gasteiger partial charge < -0.3 is 14.6 Å². The molecule has 0 saturated heterocycles. The van der Waals surface area contributed by atoms with E-state index in [4.69, 9.17) is 9.72 Å². The van der Waals surface area contributed by atoms with Crippen molar-refractivity contribution >= 4 is 27.7 Å². The van der Waals surface area contributed by atoms with Crippen molar-refractivity contribution in [3.05, 3.63) is 72.6 Å². The van der Waals surface area contributed by atoms with Gasteiger partial charge in [0.2, 0.25) is 5.91 Å². The minimum Gasteiger partial charge on any atom is -0.493 e. The predicted octanol–water partition coefficient (Wildman–Crippen LogP) is 5.12. The number of hydrogen-bond donors (Lipinski definition) is 1. The SMILES string of the molecule is CCCC(=O)NCCc1nc2ccccc2n1CCCOc1cccc2ccccc12.